The molecule has 0 saturated heterocycles. The lowest BCUT2D eigenvalue weighted by Gasteiger charge is -2.24. The van der Waals surface area contributed by atoms with Gasteiger partial charge in [0.25, 0.3) is 0 Å². The monoisotopic (exact) mass is 502 g/mol. The molecule has 7 N–H and O–H groups in total. The van der Waals surface area contributed by atoms with E-state index in [1.807, 2.05) is 20.1 Å². The molecule has 186 valence electrons. The van der Waals surface area contributed by atoms with Crippen LogP contribution in [0.4, 0.5) is 0 Å². The molecular weight excluding hydrogens is 468 g/mol. The molecule has 0 radical (unpaired) electrons. The van der Waals surface area contributed by atoms with E-state index in [9.17, 15) is 24.3 Å². The molecule has 0 aliphatic rings. The number of thioether (sulfide) groups is 1. The molecule has 0 saturated carbocycles. The molecule has 4 atom stereocenters. The Labute approximate surface area is 203 Å². The van der Waals surface area contributed by atoms with Gasteiger partial charge in [0, 0.05) is 24.1 Å². The van der Waals surface area contributed by atoms with Crippen LogP contribution >= 0.6 is 24.4 Å². The Kier molecular flexibility index (Phi) is 12.9. The number of amides is 3. The second kappa shape index (κ2) is 14.8. The van der Waals surface area contributed by atoms with E-state index in [1.165, 1.54) is 12.5 Å². The summed E-state index contributed by atoms with van der Waals surface area (Å²) in [6.45, 7) is 3.69. The van der Waals surface area contributed by atoms with Crippen molar-refractivity contribution in [3.05, 3.63) is 18.2 Å². The highest BCUT2D eigenvalue weighted by Crippen LogP contribution is 2.07. The number of thiol groups is 1. The average Bonchev–Trinajstić information content (AvgIpc) is 3.27. The highest BCUT2D eigenvalue weighted by molar-refractivity contribution is 7.98. The minimum Gasteiger partial charge on any atom is -0.480 e. The number of H-pyrrole nitrogens is 1. The van der Waals surface area contributed by atoms with Gasteiger partial charge in [-0.15, -0.1) is 0 Å². The van der Waals surface area contributed by atoms with Gasteiger partial charge in [0.05, 0.1) is 12.4 Å². The summed E-state index contributed by atoms with van der Waals surface area (Å²) in [6, 6.07) is -4.00. The first-order valence-electron chi connectivity index (χ1n) is 10.6. The zero-order chi connectivity index (χ0) is 25.0. The summed E-state index contributed by atoms with van der Waals surface area (Å²) < 4.78 is 0. The molecule has 0 bridgehead atoms. The molecule has 3 amide bonds. The number of carboxylic acid groups (broad SMARTS) is 1. The number of nitrogens with one attached hydrogen (secondary N) is 4. The number of imidazole rings is 1. The Morgan fingerprint density at radius 1 is 1.12 bits per heavy atom. The van der Waals surface area contributed by atoms with Crippen LogP contribution < -0.4 is 21.7 Å². The van der Waals surface area contributed by atoms with Crippen LogP contribution in [0.2, 0.25) is 0 Å². The number of aromatic nitrogens is 2. The van der Waals surface area contributed by atoms with Gasteiger partial charge in [-0.25, -0.2) is 9.78 Å². The first-order valence-corrected chi connectivity index (χ1v) is 12.6. The molecule has 0 aliphatic carbocycles. The van der Waals surface area contributed by atoms with E-state index in [4.69, 9.17) is 5.73 Å². The second-order valence-electron chi connectivity index (χ2n) is 8.00. The molecule has 0 fully saturated rings. The van der Waals surface area contributed by atoms with Crippen molar-refractivity contribution in [1.82, 2.24) is 25.9 Å². The fraction of sp³-hybridized carbons (Fsp3) is 0.650. The van der Waals surface area contributed by atoms with E-state index in [0.717, 1.165) is 0 Å². The minimum atomic E-state index is -1.16. The zero-order valence-electron chi connectivity index (χ0n) is 19.0. The van der Waals surface area contributed by atoms with Crippen LogP contribution in [0.1, 0.15) is 32.4 Å². The number of hydrogen-bond acceptors (Lipinski definition) is 8. The van der Waals surface area contributed by atoms with E-state index in [0.29, 0.717) is 17.9 Å². The van der Waals surface area contributed by atoms with Gasteiger partial charge in [0.15, 0.2) is 0 Å². The number of carbonyl (C=O) groups is 4. The highest BCUT2D eigenvalue weighted by atomic mass is 32.2. The third-order valence-corrected chi connectivity index (χ3v) is 5.73. The Balaban J connectivity index is 2.92. The van der Waals surface area contributed by atoms with Crippen LogP contribution in [0.15, 0.2) is 12.5 Å². The van der Waals surface area contributed by atoms with Crippen LogP contribution in [-0.4, -0.2) is 80.7 Å². The van der Waals surface area contributed by atoms with Gasteiger partial charge >= 0.3 is 5.97 Å². The van der Waals surface area contributed by atoms with E-state index in [1.54, 1.807) is 11.8 Å². The number of hydrogen-bond donors (Lipinski definition) is 7. The van der Waals surface area contributed by atoms with Gasteiger partial charge in [-0.05, 0) is 30.8 Å². The van der Waals surface area contributed by atoms with E-state index in [-0.39, 0.29) is 24.5 Å². The maximum absolute atomic E-state index is 12.9. The number of nitrogens with zero attached hydrogens (tertiary/aromatic N) is 1. The summed E-state index contributed by atoms with van der Waals surface area (Å²) >= 11 is 5.69. The predicted molar refractivity (Wildman–Crippen MR) is 130 cm³/mol. The fourth-order valence-electron chi connectivity index (χ4n) is 2.91. The Bertz CT molecular complexity index is 777. The van der Waals surface area contributed by atoms with E-state index < -0.39 is 47.9 Å². The van der Waals surface area contributed by atoms with Crippen molar-refractivity contribution in [2.24, 2.45) is 11.7 Å². The molecule has 0 spiro atoms. The maximum Gasteiger partial charge on any atom is 0.326 e. The molecule has 1 heterocycles. The van der Waals surface area contributed by atoms with Gasteiger partial charge in [0.2, 0.25) is 17.7 Å². The summed E-state index contributed by atoms with van der Waals surface area (Å²) in [4.78, 5) is 56.4. The average molecular weight is 503 g/mol. The topological polar surface area (TPSA) is 179 Å². The van der Waals surface area contributed by atoms with Crippen LogP contribution in [0.25, 0.3) is 0 Å². The van der Waals surface area contributed by atoms with Gasteiger partial charge in [-0.3, -0.25) is 14.4 Å². The van der Waals surface area contributed by atoms with Crippen molar-refractivity contribution >= 4 is 48.1 Å². The third-order valence-electron chi connectivity index (χ3n) is 4.72. The number of carboxylic acids is 1. The quantitative estimate of drug-likeness (QED) is 0.158. The van der Waals surface area contributed by atoms with Crippen LogP contribution in [0.5, 0.6) is 0 Å². The highest BCUT2D eigenvalue weighted by Gasteiger charge is 2.30. The smallest absolute Gasteiger partial charge is 0.326 e. The number of rotatable bonds is 15. The van der Waals surface area contributed by atoms with Crippen molar-refractivity contribution in [2.45, 2.75) is 57.3 Å². The van der Waals surface area contributed by atoms with E-state index in [2.05, 4.69) is 38.5 Å². The maximum atomic E-state index is 12.9. The predicted octanol–water partition coefficient (Wildman–Crippen LogP) is -0.452. The summed E-state index contributed by atoms with van der Waals surface area (Å²) in [7, 11) is 0. The van der Waals surface area contributed by atoms with Crippen LogP contribution in [0, 0.1) is 5.92 Å². The van der Waals surface area contributed by atoms with Crippen LogP contribution in [0.3, 0.4) is 0 Å². The first kappa shape index (κ1) is 28.8. The molecule has 13 heteroatoms. The molecule has 0 aromatic carbocycles. The standard InChI is InChI=1S/C20H34N6O5S2/c1-11(2)6-15(20(30)31)25-18(28)14(7-12-8-22-10-23-12)24-19(29)16(9-32)26-17(27)13(21)4-5-33-3/h8,10-11,13-16,32H,4-7,9,21H2,1-3H3,(H,22,23)(H,24,29)(H,25,28)(H,26,27)(H,30,31). The fourth-order valence-corrected chi connectivity index (χ4v) is 3.66. The number of carbonyl (C=O) groups excluding carboxylic acids is 3. The lowest BCUT2D eigenvalue weighted by atomic mass is 10.0. The van der Waals surface area contributed by atoms with Gasteiger partial charge in [-0.1, -0.05) is 13.8 Å². The number of aliphatic carboxylic acids is 1. The van der Waals surface area contributed by atoms with Crippen molar-refractivity contribution in [1.29, 1.82) is 0 Å². The summed E-state index contributed by atoms with van der Waals surface area (Å²) in [5.41, 5.74) is 6.42. The normalized spacial score (nSPS) is 14.7. The third kappa shape index (κ3) is 10.5. The first-order chi connectivity index (χ1) is 15.6. The summed E-state index contributed by atoms with van der Waals surface area (Å²) in [5.74, 6) is -2.24. The summed E-state index contributed by atoms with van der Waals surface area (Å²) in [5, 5.41) is 17.1. The molecule has 11 nitrogen and oxygen atoms in total. The zero-order valence-corrected chi connectivity index (χ0v) is 20.7. The second-order valence-corrected chi connectivity index (χ2v) is 9.35. The Morgan fingerprint density at radius 2 is 1.73 bits per heavy atom. The summed E-state index contributed by atoms with van der Waals surface area (Å²) in [6.07, 6.45) is 5.55. The lowest BCUT2D eigenvalue weighted by Crippen LogP contribution is -2.58. The lowest BCUT2D eigenvalue weighted by molar-refractivity contribution is -0.142. The molecule has 33 heavy (non-hydrogen) atoms. The minimum absolute atomic E-state index is 0.0175. The molecule has 1 aromatic heterocycles. The molecule has 1 rings (SSSR count). The molecular formula is C20H34N6O5S2. The number of aromatic amines is 1. The van der Waals surface area contributed by atoms with Gasteiger partial charge in [-0.2, -0.15) is 24.4 Å². The van der Waals surface area contributed by atoms with Crippen LogP contribution in [-0.2, 0) is 25.6 Å². The molecule has 4 unspecified atom stereocenters. The SMILES string of the molecule is CSCCC(N)C(=O)NC(CS)C(=O)NC(Cc1cnc[nH]1)C(=O)NC(CC(C)C)C(=O)O. The Morgan fingerprint density at radius 3 is 2.24 bits per heavy atom. The van der Waals surface area contributed by atoms with Gasteiger partial charge in [0.1, 0.15) is 18.1 Å². The van der Waals surface area contributed by atoms with Crippen molar-refractivity contribution in [2.75, 3.05) is 17.8 Å². The van der Waals surface area contributed by atoms with Crippen molar-refractivity contribution in [3.63, 3.8) is 0 Å². The number of nitrogens with two attached hydrogens (primary N) is 1. The van der Waals surface area contributed by atoms with Crippen molar-refractivity contribution < 1.29 is 24.3 Å². The largest absolute Gasteiger partial charge is 0.480 e. The van der Waals surface area contributed by atoms with Crippen molar-refractivity contribution in [3.8, 4) is 0 Å². The Hall–Kier alpha value is -2.25. The molecule has 0 aliphatic heterocycles. The molecule has 1 aromatic rings. The van der Waals surface area contributed by atoms with Gasteiger partial charge < -0.3 is 31.8 Å². The van der Waals surface area contributed by atoms with E-state index >= 15 is 0 Å².